The Balaban J connectivity index is 2.09. The normalized spacial score (nSPS) is 14.1. The molecule has 0 saturated carbocycles. The molecule has 0 spiro atoms. The average molecular weight is 881 g/mol. The average Bonchev–Trinajstić information content (AvgIpc) is 3.22. The van der Waals surface area contributed by atoms with Crippen LogP contribution in [0.25, 0.3) is 0 Å². The number of guanidine groups is 1. The van der Waals surface area contributed by atoms with Crippen molar-refractivity contribution in [3.8, 4) is 0 Å². The van der Waals surface area contributed by atoms with Crippen LogP contribution < -0.4 is 60.2 Å². The Kier molecular flexibility index (Phi) is 21.7. The first-order valence-electron chi connectivity index (χ1n) is 20.2. The number of carboxylic acids is 1. The molecule has 0 aromatic heterocycles. The number of nitrogens with two attached hydrogens (primary N) is 4. The number of carbonyl (C=O) groups is 9. The highest BCUT2D eigenvalue weighted by Gasteiger charge is 2.33. The maximum Gasteiger partial charge on any atom is 0.326 e. The molecule has 344 valence electrons. The van der Waals surface area contributed by atoms with Crippen molar-refractivity contribution in [3.05, 3.63) is 71.8 Å². The first-order valence-corrected chi connectivity index (χ1v) is 20.2. The van der Waals surface area contributed by atoms with E-state index in [4.69, 9.17) is 22.9 Å². The summed E-state index contributed by atoms with van der Waals surface area (Å²) in [4.78, 5) is 120. The Morgan fingerprint density at radius 3 is 1.63 bits per heavy atom. The van der Waals surface area contributed by atoms with Gasteiger partial charge in [-0.15, -0.1) is 0 Å². The highest BCUT2D eigenvalue weighted by atomic mass is 16.4. The van der Waals surface area contributed by atoms with Crippen LogP contribution in [0.15, 0.2) is 65.7 Å². The molecular weight excluding hydrogens is 821 g/mol. The van der Waals surface area contributed by atoms with Crippen molar-refractivity contribution in [2.75, 3.05) is 13.1 Å². The van der Waals surface area contributed by atoms with Gasteiger partial charge in [0, 0.05) is 19.4 Å². The van der Waals surface area contributed by atoms with Crippen LogP contribution in [0.1, 0.15) is 58.1 Å². The molecule has 0 fully saturated rings. The van der Waals surface area contributed by atoms with Gasteiger partial charge in [-0.2, -0.15) is 0 Å². The van der Waals surface area contributed by atoms with E-state index in [-0.39, 0.29) is 31.8 Å². The van der Waals surface area contributed by atoms with Gasteiger partial charge in [0.1, 0.15) is 36.3 Å². The number of hydrogen-bond donors (Lipinski definition) is 12. The van der Waals surface area contributed by atoms with Crippen LogP contribution in [0, 0.1) is 5.92 Å². The van der Waals surface area contributed by atoms with Gasteiger partial charge in [0.2, 0.25) is 47.3 Å². The summed E-state index contributed by atoms with van der Waals surface area (Å²) >= 11 is 0. The number of aliphatic carboxylic acids is 1. The monoisotopic (exact) mass is 880 g/mol. The van der Waals surface area contributed by atoms with E-state index in [9.17, 15) is 48.3 Å². The van der Waals surface area contributed by atoms with E-state index in [1.807, 2.05) is 0 Å². The molecular formula is C41H60N12O10. The summed E-state index contributed by atoms with van der Waals surface area (Å²) in [6, 6.07) is 8.18. The van der Waals surface area contributed by atoms with Gasteiger partial charge < -0.3 is 65.3 Å². The van der Waals surface area contributed by atoms with Crippen LogP contribution in [-0.2, 0) is 56.0 Å². The fraction of sp³-hybridized carbons (Fsp3) is 0.463. The summed E-state index contributed by atoms with van der Waals surface area (Å²) in [7, 11) is 0. The first-order chi connectivity index (χ1) is 29.7. The molecule has 22 nitrogen and oxygen atoms in total. The number of nitrogens with one attached hydrogen (secondary N) is 7. The predicted molar refractivity (Wildman–Crippen MR) is 230 cm³/mol. The minimum Gasteiger partial charge on any atom is -0.480 e. The minimum absolute atomic E-state index is 0.0253. The highest BCUT2D eigenvalue weighted by Crippen LogP contribution is 2.09. The first kappa shape index (κ1) is 52.0. The van der Waals surface area contributed by atoms with Gasteiger partial charge in [0.15, 0.2) is 5.96 Å². The van der Waals surface area contributed by atoms with Gasteiger partial charge in [-0.1, -0.05) is 74.5 Å². The SMILES string of the molecule is CC(C)[C@H](NC(=O)[C@H](Cc1ccccc1)NC(=O)CNC(=O)[C@H](C)NC(=O)[C@@H](N)CCCN=C(N)N)C(=O)N[C@@H](C)C(=O)N[C@@H](CC(N)=O)C(=O)N[C@@H](Cc1ccccc1)C(=O)O. The molecule has 0 aliphatic rings. The molecule has 0 aliphatic heterocycles. The highest BCUT2D eigenvalue weighted by molar-refractivity contribution is 5.98. The summed E-state index contributed by atoms with van der Waals surface area (Å²) in [5.74, 6) is -8.60. The van der Waals surface area contributed by atoms with E-state index in [0.717, 1.165) is 0 Å². The van der Waals surface area contributed by atoms with Crippen molar-refractivity contribution >= 4 is 59.2 Å². The fourth-order valence-corrected chi connectivity index (χ4v) is 5.85. The lowest BCUT2D eigenvalue weighted by atomic mass is 10.0. The Bertz CT molecular complexity index is 1930. The third-order valence-electron chi connectivity index (χ3n) is 9.35. The lowest BCUT2D eigenvalue weighted by molar-refractivity contribution is -0.142. The standard InChI is InChI=1S/C41H60N12O10/c1-22(2)33(39(61)49-24(4)35(57)51-29(20-31(43)54)37(59)52-30(40(62)63)19-26-14-9-6-10-15-26)53-38(60)28(18-25-12-7-5-8-13-25)50-32(55)21-47-34(56)23(3)48-36(58)27(42)16-11-17-46-41(44)45/h5-10,12-15,22-24,27-30,33H,11,16-21,42H2,1-4H3,(H2,43,54)(H,47,56)(H,48,58)(H,49,61)(H,50,55)(H,51,57)(H,52,59)(H,53,60)(H,62,63)(H4,44,45,46)/t23-,24-,27-,28-,29-,30-,33-/m0/s1. The van der Waals surface area contributed by atoms with Gasteiger partial charge in [-0.05, 0) is 43.7 Å². The topological polar surface area (TPSA) is 375 Å². The molecule has 0 radical (unpaired) electrons. The van der Waals surface area contributed by atoms with Gasteiger partial charge in [-0.3, -0.25) is 43.3 Å². The van der Waals surface area contributed by atoms with Crippen molar-refractivity contribution in [1.82, 2.24) is 37.2 Å². The van der Waals surface area contributed by atoms with Crippen LogP contribution in [0.4, 0.5) is 0 Å². The van der Waals surface area contributed by atoms with E-state index in [0.29, 0.717) is 17.5 Å². The van der Waals surface area contributed by atoms with E-state index < -0.39 is 114 Å². The molecule has 63 heavy (non-hydrogen) atoms. The molecule has 8 amide bonds. The summed E-state index contributed by atoms with van der Waals surface area (Å²) < 4.78 is 0. The zero-order chi connectivity index (χ0) is 47.2. The number of benzene rings is 2. The van der Waals surface area contributed by atoms with E-state index in [1.165, 1.54) is 13.8 Å². The third kappa shape index (κ3) is 19.4. The van der Waals surface area contributed by atoms with E-state index in [1.54, 1.807) is 74.5 Å². The Morgan fingerprint density at radius 1 is 0.603 bits per heavy atom. The van der Waals surface area contributed by atoms with Gasteiger partial charge in [-0.25, -0.2) is 4.79 Å². The Labute approximate surface area is 364 Å². The molecule has 0 saturated heterocycles. The van der Waals surface area contributed by atoms with Crippen LogP contribution in [-0.4, -0.2) is 120 Å². The summed E-state index contributed by atoms with van der Waals surface area (Å²) in [6.45, 7) is 5.60. The summed E-state index contributed by atoms with van der Waals surface area (Å²) in [5, 5.41) is 26.9. The fourth-order valence-electron chi connectivity index (χ4n) is 5.85. The van der Waals surface area contributed by atoms with Gasteiger partial charge in [0.05, 0.1) is 19.0 Å². The van der Waals surface area contributed by atoms with Gasteiger partial charge >= 0.3 is 5.97 Å². The molecule has 0 bridgehead atoms. The second-order valence-electron chi connectivity index (χ2n) is 15.1. The number of hydrogen-bond acceptors (Lipinski definition) is 11. The molecule has 2 aromatic carbocycles. The number of carbonyl (C=O) groups excluding carboxylic acids is 8. The molecule has 2 aromatic rings. The lowest BCUT2D eigenvalue weighted by Gasteiger charge is -2.27. The maximum absolute atomic E-state index is 13.8. The van der Waals surface area contributed by atoms with Crippen molar-refractivity contribution < 1.29 is 48.3 Å². The largest absolute Gasteiger partial charge is 0.480 e. The van der Waals surface area contributed by atoms with E-state index >= 15 is 0 Å². The Hall–Kier alpha value is -7.10. The quantitative estimate of drug-likeness (QED) is 0.0249. The van der Waals surface area contributed by atoms with Crippen LogP contribution >= 0.6 is 0 Å². The molecule has 2 rings (SSSR count). The lowest BCUT2D eigenvalue weighted by Crippen LogP contribution is -2.60. The maximum atomic E-state index is 13.8. The number of amides is 8. The number of primary amides is 1. The number of nitrogens with zero attached hydrogens (tertiary/aromatic N) is 1. The molecule has 0 heterocycles. The van der Waals surface area contributed by atoms with Crippen molar-refractivity contribution in [3.63, 3.8) is 0 Å². The number of rotatable bonds is 26. The number of carboxylic acid groups (broad SMARTS) is 1. The molecule has 16 N–H and O–H groups in total. The van der Waals surface area contributed by atoms with E-state index in [2.05, 4.69) is 42.2 Å². The summed E-state index contributed by atoms with van der Waals surface area (Å²) in [6.07, 6.45) is -0.150. The zero-order valence-corrected chi connectivity index (χ0v) is 35.7. The smallest absolute Gasteiger partial charge is 0.326 e. The zero-order valence-electron chi connectivity index (χ0n) is 35.7. The van der Waals surface area contributed by atoms with Crippen molar-refractivity contribution in [2.45, 2.75) is 102 Å². The van der Waals surface area contributed by atoms with Crippen molar-refractivity contribution in [2.24, 2.45) is 33.8 Å². The second kappa shape index (κ2) is 26.3. The Morgan fingerprint density at radius 2 is 1.11 bits per heavy atom. The second-order valence-corrected chi connectivity index (χ2v) is 15.1. The van der Waals surface area contributed by atoms with Crippen molar-refractivity contribution in [1.29, 1.82) is 0 Å². The number of aliphatic imine (C=N–C) groups is 1. The van der Waals surface area contributed by atoms with Crippen LogP contribution in [0.5, 0.6) is 0 Å². The predicted octanol–water partition coefficient (Wildman–Crippen LogP) is -3.47. The van der Waals surface area contributed by atoms with Crippen LogP contribution in [0.3, 0.4) is 0 Å². The van der Waals surface area contributed by atoms with Crippen LogP contribution in [0.2, 0.25) is 0 Å². The molecule has 0 aliphatic carbocycles. The van der Waals surface area contributed by atoms with Gasteiger partial charge in [0.25, 0.3) is 0 Å². The molecule has 0 unspecified atom stereocenters. The minimum atomic E-state index is -1.60. The summed E-state index contributed by atoms with van der Waals surface area (Å²) in [5.41, 5.74) is 23.0. The third-order valence-corrected chi connectivity index (χ3v) is 9.35. The molecule has 22 heteroatoms. The molecule has 7 atom stereocenters.